The molecule has 0 aliphatic carbocycles. The smallest absolute Gasteiger partial charge is 0.330 e. The first-order chi connectivity index (χ1) is 15.3. The molecule has 0 spiro atoms. The van der Waals surface area contributed by atoms with Crippen molar-refractivity contribution in [1.29, 1.82) is 5.26 Å². The molecule has 2 bridgehead atoms. The summed E-state index contributed by atoms with van der Waals surface area (Å²) in [5, 5.41) is 9.50. The first kappa shape index (κ1) is 20.6. The maximum absolute atomic E-state index is 12.9. The molecule has 3 aromatic rings. The fourth-order valence-corrected chi connectivity index (χ4v) is 5.18. The van der Waals surface area contributed by atoms with E-state index in [1.807, 2.05) is 16.7 Å². The van der Waals surface area contributed by atoms with Crippen LogP contribution >= 0.6 is 0 Å². The Morgan fingerprint density at radius 3 is 2.50 bits per heavy atom. The van der Waals surface area contributed by atoms with E-state index in [-0.39, 0.29) is 11.1 Å². The summed E-state index contributed by atoms with van der Waals surface area (Å²) >= 11 is 0. The Labute approximate surface area is 187 Å². The highest BCUT2D eigenvalue weighted by Crippen LogP contribution is 2.36. The molecule has 8 heteroatoms. The Balaban J connectivity index is 1.47. The molecule has 2 unspecified atom stereocenters. The maximum atomic E-state index is 12.9. The molecule has 0 radical (unpaired) electrons. The number of nitrogens with zero attached hydrogens (tertiary/aromatic N) is 7. The van der Waals surface area contributed by atoms with E-state index in [1.54, 1.807) is 24.0 Å². The highest BCUT2D eigenvalue weighted by molar-refractivity contribution is 5.74. The van der Waals surface area contributed by atoms with Crippen molar-refractivity contribution in [3.8, 4) is 6.07 Å². The summed E-state index contributed by atoms with van der Waals surface area (Å²) in [5.74, 6) is 0.922. The molecule has 3 aliphatic heterocycles. The van der Waals surface area contributed by atoms with Gasteiger partial charge in [0, 0.05) is 51.2 Å². The number of hydrogen-bond acceptors (Lipinski definition) is 6. The first-order valence-electron chi connectivity index (χ1n) is 11.2. The van der Waals surface area contributed by atoms with Crippen LogP contribution in [0.3, 0.4) is 0 Å². The molecule has 3 aliphatic rings. The van der Waals surface area contributed by atoms with E-state index >= 15 is 0 Å². The van der Waals surface area contributed by atoms with Crippen LogP contribution in [0.2, 0.25) is 0 Å². The molecule has 0 amide bonds. The fourth-order valence-electron chi connectivity index (χ4n) is 5.18. The Morgan fingerprint density at radius 1 is 1.12 bits per heavy atom. The summed E-state index contributed by atoms with van der Waals surface area (Å²) in [4.78, 5) is 26.7. The molecule has 3 aromatic heterocycles. The van der Waals surface area contributed by atoms with Gasteiger partial charge in [-0.3, -0.25) is 14.1 Å². The van der Waals surface area contributed by atoms with Crippen molar-refractivity contribution in [3.63, 3.8) is 0 Å². The van der Waals surface area contributed by atoms with Crippen LogP contribution in [-0.2, 0) is 13.6 Å². The average Bonchev–Trinajstić information content (AvgIpc) is 3.02. The predicted octanol–water partition coefficient (Wildman–Crippen LogP) is 2.91. The summed E-state index contributed by atoms with van der Waals surface area (Å²) in [6.45, 7) is 8.77. The zero-order chi connectivity index (χ0) is 22.6. The number of anilines is 2. The lowest BCUT2D eigenvalue weighted by molar-refractivity contribution is 0.332. The number of piperidine rings is 2. The predicted molar refractivity (Wildman–Crippen MR) is 125 cm³/mol. The topological polar surface area (TPSA) is 83.0 Å². The second-order valence-corrected chi connectivity index (χ2v) is 10.2. The normalized spacial score (nSPS) is 20.7. The summed E-state index contributed by atoms with van der Waals surface area (Å²) in [5.41, 5.74) is 3.20. The highest BCUT2D eigenvalue weighted by Gasteiger charge is 2.40. The molecule has 0 saturated carbocycles. The second kappa shape index (κ2) is 7.37. The molecular formula is C24H29N7O. The monoisotopic (exact) mass is 431 g/mol. The second-order valence-electron chi connectivity index (χ2n) is 10.2. The standard InChI is InChI=1S/C24H29N7O/c1-24(2,3)15-31-20-7-8-21(27-22(20)28(4)23(31)32)30-14-17-5-6-18(30)13-29(17)19-9-10-26-12-16(19)11-25/h7-10,12,17-18H,5-6,13-15H2,1-4H3. The molecule has 0 N–H and O–H groups in total. The van der Waals surface area contributed by atoms with E-state index in [1.165, 1.54) is 0 Å². The van der Waals surface area contributed by atoms with Crippen LogP contribution < -0.4 is 15.5 Å². The van der Waals surface area contributed by atoms with E-state index in [2.05, 4.69) is 47.7 Å². The molecule has 32 heavy (non-hydrogen) atoms. The third-order valence-electron chi connectivity index (χ3n) is 6.65. The van der Waals surface area contributed by atoms with Gasteiger partial charge >= 0.3 is 5.69 Å². The maximum Gasteiger partial charge on any atom is 0.330 e. The molecule has 0 aromatic carbocycles. The van der Waals surface area contributed by atoms with Gasteiger partial charge in [-0.25, -0.2) is 9.78 Å². The van der Waals surface area contributed by atoms with Crippen molar-refractivity contribution in [3.05, 3.63) is 46.6 Å². The van der Waals surface area contributed by atoms with Crippen LogP contribution in [-0.4, -0.2) is 44.3 Å². The minimum absolute atomic E-state index is 0.00149. The van der Waals surface area contributed by atoms with Crippen LogP contribution in [0.5, 0.6) is 0 Å². The fraction of sp³-hybridized carbons (Fsp3) is 0.500. The van der Waals surface area contributed by atoms with Crippen LogP contribution in [0.4, 0.5) is 11.5 Å². The summed E-state index contributed by atoms with van der Waals surface area (Å²) < 4.78 is 3.50. The third kappa shape index (κ3) is 3.32. The van der Waals surface area contributed by atoms with Crippen molar-refractivity contribution in [1.82, 2.24) is 19.1 Å². The van der Waals surface area contributed by atoms with Crippen LogP contribution in [0.25, 0.3) is 11.2 Å². The van der Waals surface area contributed by atoms with Gasteiger partial charge in [0.15, 0.2) is 5.65 Å². The summed E-state index contributed by atoms with van der Waals surface area (Å²) in [6.07, 6.45) is 5.59. The van der Waals surface area contributed by atoms with Gasteiger partial charge in [-0.2, -0.15) is 5.26 Å². The van der Waals surface area contributed by atoms with E-state index < -0.39 is 0 Å². The zero-order valence-corrected chi connectivity index (χ0v) is 19.1. The van der Waals surface area contributed by atoms with E-state index in [4.69, 9.17) is 4.98 Å². The highest BCUT2D eigenvalue weighted by atomic mass is 16.1. The van der Waals surface area contributed by atoms with Gasteiger partial charge in [0.1, 0.15) is 11.9 Å². The number of nitriles is 1. The molecule has 2 atom stereocenters. The number of aryl methyl sites for hydroxylation is 1. The SMILES string of the molecule is Cn1c(=O)n(CC(C)(C)C)c2ccc(N3CC4CCC3CN4c3ccncc3C#N)nc21. The van der Waals surface area contributed by atoms with E-state index in [9.17, 15) is 10.1 Å². The lowest BCUT2D eigenvalue weighted by Crippen LogP contribution is -2.63. The minimum atomic E-state index is -0.0207. The van der Waals surface area contributed by atoms with Crippen molar-refractivity contribution >= 4 is 22.7 Å². The quantitative estimate of drug-likeness (QED) is 0.634. The van der Waals surface area contributed by atoms with Crippen molar-refractivity contribution < 1.29 is 0 Å². The summed E-state index contributed by atoms with van der Waals surface area (Å²) in [6, 6.07) is 8.96. The lowest BCUT2D eigenvalue weighted by atomic mass is 9.90. The number of imidazole rings is 1. The molecule has 3 saturated heterocycles. The number of fused-ring (bicyclic) bond motifs is 4. The minimum Gasteiger partial charge on any atom is -0.364 e. The van der Waals surface area contributed by atoms with Crippen LogP contribution in [0.1, 0.15) is 39.2 Å². The van der Waals surface area contributed by atoms with E-state index in [0.29, 0.717) is 24.2 Å². The van der Waals surface area contributed by atoms with Crippen molar-refractivity contribution in [2.45, 2.75) is 52.2 Å². The Morgan fingerprint density at radius 2 is 1.84 bits per heavy atom. The Bertz CT molecular complexity index is 1280. The zero-order valence-electron chi connectivity index (χ0n) is 19.1. The van der Waals surface area contributed by atoms with Gasteiger partial charge in [-0.15, -0.1) is 0 Å². The Hall–Kier alpha value is -3.34. The largest absolute Gasteiger partial charge is 0.364 e. The number of hydrogen-bond donors (Lipinski definition) is 0. The molecule has 6 heterocycles. The van der Waals surface area contributed by atoms with Gasteiger partial charge in [0.25, 0.3) is 0 Å². The molecular weight excluding hydrogens is 402 g/mol. The molecule has 8 nitrogen and oxygen atoms in total. The number of pyridine rings is 2. The Kier molecular flexibility index (Phi) is 4.73. The first-order valence-corrected chi connectivity index (χ1v) is 11.2. The van der Waals surface area contributed by atoms with Gasteiger partial charge in [-0.1, -0.05) is 20.8 Å². The number of rotatable bonds is 3. The van der Waals surface area contributed by atoms with Crippen LogP contribution in [0.15, 0.2) is 35.4 Å². The van der Waals surface area contributed by atoms with Crippen molar-refractivity contribution in [2.75, 3.05) is 22.9 Å². The lowest BCUT2D eigenvalue weighted by Gasteiger charge is -2.53. The van der Waals surface area contributed by atoms with Gasteiger partial charge in [0.05, 0.1) is 16.8 Å². The van der Waals surface area contributed by atoms with Gasteiger partial charge in [-0.05, 0) is 36.5 Å². The number of aromatic nitrogens is 4. The van der Waals surface area contributed by atoms with Crippen molar-refractivity contribution in [2.24, 2.45) is 12.5 Å². The molecule has 3 fully saturated rings. The average molecular weight is 432 g/mol. The number of piperazine rings is 1. The van der Waals surface area contributed by atoms with Gasteiger partial charge < -0.3 is 9.80 Å². The summed E-state index contributed by atoms with van der Waals surface area (Å²) in [7, 11) is 1.80. The third-order valence-corrected chi connectivity index (χ3v) is 6.65. The van der Waals surface area contributed by atoms with Crippen LogP contribution in [0, 0.1) is 16.7 Å². The molecule has 166 valence electrons. The van der Waals surface area contributed by atoms with Gasteiger partial charge in [0.2, 0.25) is 0 Å². The van der Waals surface area contributed by atoms with E-state index in [0.717, 1.165) is 48.6 Å². The molecule has 6 rings (SSSR count).